The Bertz CT molecular complexity index is 724. The highest BCUT2D eigenvalue weighted by molar-refractivity contribution is 5.98. The van der Waals surface area contributed by atoms with Crippen LogP contribution in [-0.2, 0) is 22.4 Å². The van der Waals surface area contributed by atoms with Gasteiger partial charge in [-0.3, -0.25) is 19.3 Å². The lowest BCUT2D eigenvalue weighted by Gasteiger charge is -2.34. The fourth-order valence-corrected chi connectivity index (χ4v) is 3.95. The van der Waals surface area contributed by atoms with Gasteiger partial charge >= 0.3 is 0 Å². The van der Waals surface area contributed by atoms with E-state index in [1.807, 2.05) is 24.0 Å². The molecule has 0 spiro atoms. The van der Waals surface area contributed by atoms with Crippen molar-refractivity contribution >= 4 is 17.6 Å². The molecule has 1 aliphatic heterocycles. The summed E-state index contributed by atoms with van der Waals surface area (Å²) < 4.78 is 0. The SMILES string of the molecule is CCCNC(=O)CN1CCN(C(=O)CCC(=O)c2ccc3c(c2)CCC3)CC1. The Morgan fingerprint density at radius 3 is 2.50 bits per heavy atom. The summed E-state index contributed by atoms with van der Waals surface area (Å²) in [6.07, 6.45) is 4.77. The van der Waals surface area contributed by atoms with E-state index >= 15 is 0 Å². The van der Waals surface area contributed by atoms with E-state index < -0.39 is 0 Å². The van der Waals surface area contributed by atoms with E-state index in [-0.39, 0.29) is 30.4 Å². The number of amides is 2. The number of piperazine rings is 1. The van der Waals surface area contributed by atoms with Crippen LogP contribution in [0.5, 0.6) is 0 Å². The number of rotatable bonds is 8. The van der Waals surface area contributed by atoms with Gasteiger partial charge in [-0.15, -0.1) is 0 Å². The number of nitrogens with one attached hydrogen (secondary N) is 1. The molecule has 0 radical (unpaired) electrons. The van der Waals surface area contributed by atoms with Gasteiger partial charge in [0.25, 0.3) is 0 Å². The molecule has 6 heteroatoms. The largest absolute Gasteiger partial charge is 0.355 e. The zero-order valence-corrected chi connectivity index (χ0v) is 16.8. The maximum absolute atomic E-state index is 12.5. The Kier molecular flexibility index (Phi) is 7.20. The normalized spacial score (nSPS) is 16.7. The molecule has 1 heterocycles. The highest BCUT2D eigenvalue weighted by atomic mass is 16.2. The zero-order valence-electron chi connectivity index (χ0n) is 16.8. The predicted molar refractivity (Wildman–Crippen MR) is 108 cm³/mol. The van der Waals surface area contributed by atoms with Crippen molar-refractivity contribution in [2.45, 2.75) is 45.4 Å². The number of hydrogen-bond donors (Lipinski definition) is 1. The van der Waals surface area contributed by atoms with Gasteiger partial charge in [0, 0.05) is 51.1 Å². The van der Waals surface area contributed by atoms with E-state index in [1.54, 1.807) is 0 Å². The van der Waals surface area contributed by atoms with E-state index in [4.69, 9.17) is 0 Å². The van der Waals surface area contributed by atoms with Crippen molar-refractivity contribution in [3.05, 3.63) is 34.9 Å². The second kappa shape index (κ2) is 9.82. The first-order chi connectivity index (χ1) is 13.6. The molecule has 1 aliphatic carbocycles. The molecule has 2 aliphatic rings. The van der Waals surface area contributed by atoms with Gasteiger partial charge < -0.3 is 10.2 Å². The van der Waals surface area contributed by atoms with Crippen LogP contribution in [0, 0.1) is 0 Å². The van der Waals surface area contributed by atoms with E-state index in [0.29, 0.717) is 39.3 Å². The summed E-state index contributed by atoms with van der Waals surface area (Å²) in [4.78, 5) is 40.6. The molecule has 152 valence electrons. The number of hydrogen-bond acceptors (Lipinski definition) is 4. The molecule has 6 nitrogen and oxygen atoms in total. The number of aryl methyl sites for hydroxylation is 2. The summed E-state index contributed by atoms with van der Waals surface area (Å²) in [6, 6.07) is 5.98. The first-order valence-electron chi connectivity index (χ1n) is 10.5. The van der Waals surface area contributed by atoms with E-state index in [0.717, 1.165) is 31.2 Å². The minimum absolute atomic E-state index is 0.0320. The van der Waals surface area contributed by atoms with E-state index in [9.17, 15) is 14.4 Å². The van der Waals surface area contributed by atoms with Gasteiger partial charge in [-0.1, -0.05) is 19.1 Å². The minimum atomic E-state index is 0.0320. The maximum Gasteiger partial charge on any atom is 0.234 e. The van der Waals surface area contributed by atoms with Crippen LogP contribution in [0.15, 0.2) is 18.2 Å². The number of carbonyl (C=O) groups excluding carboxylic acids is 3. The lowest BCUT2D eigenvalue weighted by molar-refractivity contribution is -0.133. The van der Waals surface area contributed by atoms with Crippen molar-refractivity contribution in [3.8, 4) is 0 Å². The molecule has 28 heavy (non-hydrogen) atoms. The Hall–Kier alpha value is -2.21. The van der Waals surface area contributed by atoms with Crippen LogP contribution < -0.4 is 5.32 Å². The summed E-state index contributed by atoms with van der Waals surface area (Å²) in [5, 5.41) is 2.88. The Balaban J connectivity index is 1.40. The van der Waals surface area contributed by atoms with Gasteiger partial charge in [-0.25, -0.2) is 0 Å². The number of ketones is 1. The standard InChI is InChI=1S/C22H31N3O3/c1-2-10-23-21(27)16-24-11-13-25(14-12-24)22(28)9-8-20(26)19-7-6-17-4-3-5-18(17)15-19/h6-7,15H,2-5,8-14,16H2,1H3,(H,23,27). The summed E-state index contributed by atoms with van der Waals surface area (Å²) in [5.41, 5.74) is 3.38. The molecule has 3 rings (SSSR count). The van der Waals surface area contributed by atoms with Gasteiger partial charge in [-0.05, 0) is 42.9 Å². The Labute approximate surface area is 167 Å². The van der Waals surface area contributed by atoms with Crippen LogP contribution in [0.1, 0.15) is 54.1 Å². The van der Waals surface area contributed by atoms with Gasteiger partial charge in [0.2, 0.25) is 11.8 Å². The van der Waals surface area contributed by atoms with E-state index in [2.05, 4.69) is 16.3 Å². The predicted octanol–water partition coefficient (Wildman–Crippen LogP) is 1.81. The average molecular weight is 386 g/mol. The van der Waals surface area contributed by atoms with Crippen LogP contribution in [0.3, 0.4) is 0 Å². The number of benzene rings is 1. The molecule has 0 unspecified atom stereocenters. The fraction of sp³-hybridized carbons (Fsp3) is 0.591. The molecular weight excluding hydrogens is 354 g/mol. The third-order valence-corrected chi connectivity index (χ3v) is 5.65. The van der Waals surface area contributed by atoms with Crippen molar-refractivity contribution in [1.29, 1.82) is 0 Å². The minimum Gasteiger partial charge on any atom is -0.355 e. The van der Waals surface area contributed by atoms with Crippen LogP contribution in [0.2, 0.25) is 0 Å². The molecule has 0 atom stereocenters. The number of carbonyl (C=O) groups is 3. The quantitative estimate of drug-likeness (QED) is 0.693. The van der Waals surface area contributed by atoms with Crippen molar-refractivity contribution in [2.75, 3.05) is 39.3 Å². The topological polar surface area (TPSA) is 69.7 Å². The first kappa shape index (κ1) is 20.5. The molecule has 1 aromatic carbocycles. The zero-order chi connectivity index (χ0) is 19.9. The molecule has 0 bridgehead atoms. The lowest BCUT2D eigenvalue weighted by atomic mass is 10.0. The average Bonchev–Trinajstić information content (AvgIpc) is 3.18. The van der Waals surface area contributed by atoms with Gasteiger partial charge in [-0.2, -0.15) is 0 Å². The van der Waals surface area contributed by atoms with Crippen LogP contribution in [0.4, 0.5) is 0 Å². The third kappa shape index (κ3) is 5.41. The van der Waals surface area contributed by atoms with Gasteiger partial charge in [0.15, 0.2) is 5.78 Å². The first-order valence-corrected chi connectivity index (χ1v) is 10.5. The number of nitrogens with zero attached hydrogens (tertiary/aromatic N) is 2. The monoisotopic (exact) mass is 385 g/mol. The molecule has 0 aromatic heterocycles. The second-order valence-corrected chi connectivity index (χ2v) is 7.77. The van der Waals surface area contributed by atoms with Crippen molar-refractivity contribution in [3.63, 3.8) is 0 Å². The smallest absolute Gasteiger partial charge is 0.234 e. The fourth-order valence-electron chi connectivity index (χ4n) is 3.95. The Morgan fingerprint density at radius 2 is 1.75 bits per heavy atom. The molecule has 2 amide bonds. The number of Topliss-reactive ketones (excluding diaryl/α,β-unsaturated/α-hetero) is 1. The van der Waals surface area contributed by atoms with E-state index in [1.165, 1.54) is 11.1 Å². The molecular formula is C22H31N3O3. The van der Waals surface area contributed by atoms with Crippen molar-refractivity contribution in [1.82, 2.24) is 15.1 Å². The molecule has 0 saturated carbocycles. The number of fused-ring (bicyclic) bond motifs is 1. The lowest BCUT2D eigenvalue weighted by Crippen LogP contribution is -2.51. The second-order valence-electron chi connectivity index (χ2n) is 7.77. The van der Waals surface area contributed by atoms with Crippen molar-refractivity contribution < 1.29 is 14.4 Å². The van der Waals surface area contributed by atoms with Gasteiger partial charge in [0.1, 0.15) is 0 Å². The third-order valence-electron chi connectivity index (χ3n) is 5.65. The van der Waals surface area contributed by atoms with Crippen molar-refractivity contribution in [2.24, 2.45) is 0 Å². The summed E-state index contributed by atoms with van der Waals surface area (Å²) in [7, 11) is 0. The van der Waals surface area contributed by atoms with Crippen LogP contribution in [-0.4, -0.2) is 66.7 Å². The summed E-state index contributed by atoms with van der Waals surface area (Å²) >= 11 is 0. The molecule has 1 N–H and O–H groups in total. The maximum atomic E-state index is 12.5. The van der Waals surface area contributed by atoms with Gasteiger partial charge in [0.05, 0.1) is 6.54 Å². The highest BCUT2D eigenvalue weighted by Gasteiger charge is 2.23. The molecule has 1 fully saturated rings. The molecule has 1 aromatic rings. The van der Waals surface area contributed by atoms with Crippen LogP contribution in [0.25, 0.3) is 0 Å². The Morgan fingerprint density at radius 1 is 1.00 bits per heavy atom. The highest BCUT2D eigenvalue weighted by Crippen LogP contribution is 2.23. The van der Waals surface area contributed by atoms with Crippen LogP contribution >= 0.6 is 0 Å². The molecule has 1 saturated heterocycles. The summed E-state index contributed by atoms with van der Waals surface area (Å²) in [5.74, 6) is 0.125. The summed E-state index contributed by atoms with van der Waals surface area (Å²) in [6.45, 7) is 5.75.